The molecule has 0 radical (unpaired) electrons. The Balaban J connectivity index is 1.77. The zero-order chi connectivity index (χ0) is 14.1. The third kappa shape index (κ3) is 2.55. The number of hydrogen-bond donors (Lipinski definition) is 1. The summed E-state index contributed by atoms with van der Waals surface area (Å²) in [6, 6.07) is 4.81. The fourth-order valence-corrected chi connectivity index (χ4v) is 2.53. The number of aromatic hydroxyl groups is 1. The summed E-state index contributed by atoms with van der Waals surface area (Å²) in [5.74, 6) is 0.187. The van der Waals surface area contributed by atoms with Gasteiger partial charge in [0.2, 0.25) is 0 Å². The average Bonchev–Trinajstić information content (AvgIpc) is 2.84. The van der Waals surface area contributed by atoms with E-state index in [0.29, 0.717) is 23.1 Å². The number of Topliss-reactive ketones (excluding diaryl/α,β-unsaturated/α-hetero) is 1. The van der Waals surface area contributed by atoms with E-state index in [-0.39, 0.29) is 11.5 Å². The Kier molecular flexibility index (Phi) is 3.46. The molecule has 0 spiro atoms. The highest BCUT2D eigenvalue weighted by molar-refractivity contribution is 6.08. The Morgan fingerprint density at radius 1 is 1.30 bits per heavy atom. The van der Waals surface area contributed by atoms with Crippen LogP contribution >= 0.6 is 0 Å². The number of furan rings is 1. The summed E-state index contributed by atoms with van der Waals surface area (Å²) in [6.07, 6.45) is 1.49. The van der Waals surface area contributed by atoms with Gasteiger partial charge in [0.1, 0.15) is 17.6 Å². The van der Waals surface area contributed by atoms with E-state index < -0.39 is 0 Å². The SMILES string of the molecule is CN1CCN(CC(=O)c2coc3ccc(O)cc23)CC1. The first kappa shape index (κ1) is 13.1. The van der Waals surface area contributed by atoms with Crippen LogP contribution in [0.25, 0.3) is 11.0 Å². The lowest BCUT2D eigenvalue weighted by atomic mass is 10.1. The molecule has 1 aliphatic heterocycles. The highest BCUT2D eigenvalue weighted by Gasteiger charge is 2.20. The number of carbonyl (C=O) groups excluding carboxylic acids is 1. The second-order valence-corrected chi connectivity index (χ2v) is 5.33. The van der Waals surface area contributed by atoms with Crippen molar-refractivity contribution in [3.63, 3.8) is 0 Å². The van der Waals surface area contributed by atoms with E-state index in [1.807, 2.05) is 0 Å². The molecule has 0 saturated carbocycles. The Morgan fingerprint density at radius 2 is 2.05 bits per heavy atom. The standard InChI is InChI=1S/C15H18N2O3/c1-16-4-6-17(7-5-16)9-14(19)13-10-20-15-3-2-11(18)8-12(13)15/h2-3,8,10,18H,4-7,9H2,1H3. The smallest absolute Gasteiger partial charge is 0.180 e. The van der Waals surface area contributed by atoms with Gasteiger partial charge in [-0.1, -0.05) is 0 Å². The fraction of sp³-hybridized carbons (Fsp3) is 0.400. The third-order valence-corrected chi connectivity index (χ3v) is 3.82. The number of carbonyl (C=O) groups is 1. The number of hydrogen-bond acceptors (Lipinski definition) is 5. The minimum atomic E-state index is 0.0407. The quantitative estimate of drug-likeness (QED) is 0.861. The molecule has 1 N–H and O–H groups in total. The molecule has 1 fully saturated rings. The van der Waals surface area contributed by atoms with Gasteiger partial charge in [0.25, 0.3) is 0 Å². The minimum Gasteiger partial charge on any atom is -0.508 e. The van der Waals surface area contributed by atoms with Crippen LogP contribution in [-0.2, 0) is 0 Å². The average molecular weight is 274 g/mol. The Hall–Kier alpha value is -1.85. The zero-order valence-corrected chi connectivity index (χ0v) is 11.5. The van der Waals surface area contributed by atoms with Crippen LogP contribution in [0.1, 0.15) is 10.4 Å². The van der Waals surface area contributed by atoms with Crippen LogP contribution in [0.15, 0.2) is 28.9 Å². The number of fused-ring (bicyclic) bond motifs is 1. The van der Waals surface area contributed by atoms with E-state index >= 15 is 0 Å². The lowest BCUT2D eigenvalue weighted by Crippen LogP contribution is -2.46. The van der Waals surface area contributed by atoms with Gasteiger partial charge in [-0.25, -0.2) is 0 Å². The van der Waals surface area contributed by atoms with Crippen molar-refractivity contribution in [2.75, 3.05) is 39.8 Å². The Bertz CT molecular complexity index is 627. The number of piperazine rings is 1. The molecule has 20 heavy (non-hydrogen) atoms. The van der Waals surface area contributed by atoms with Crippen LogP contribution in [0.2, 0.25) is 0 Å². The first-order chi connectivity index (χ1) is 9.63. The molecule has 1 aromatic heterocycles. The predicted molar refractivity (Wildman–Crippen MR) is 76.1 cm³/mol. The predicted octanol–water partition coefficient (Wildman–Crippen LogP) is 1.57. The van der Waals surface area contributed by atoms with Crippen molar-refractivity contribution in [1.82, 2.24) is 9.80 Å². The van der Waals surface area contributed by atoms with Gasteiger partial charge in [-0.3, -0.25) is 9.69 Å². The van der Waals surface area contributed by atoms with Gasteiger partial charge in [0.15, 0.2) is 5.78 Å². The third-order valence-electron chi connectivity index (χ3n) is 3.82. The number of phenolic OH excluding ortho intramolecular Hbond substituents is 1. The molecular weight excluding hydrogens is 256 g/mol. The number of phenols is 1. The van der Waals surface area contributed by atoms with E-state index in [1.54, 1.807) is 18.2 Å². The zero-order valence-electron chi connectivity index (χ0n) is 11.5. The number of nitrogens with zero attached hydrogens (tertiary/aromatic N) is 2. The van der Waals surface area contributed by atoms with Gasteiger partial charge < -0.3 is 14.4 Å². The molecule has 2 aromatic rings. The van der Waals surface area contributed by atoms with E-state index in [2.05, 4.69) is 16.8 Å². The molecule has 5 heteroatoms. The fourth-order valence-electron chi connectivity index (χ4n) is 2.53. The molecular formula is C15H18N2O3. The van der Waals surface area contributed by atoms with Crippen LogP contribution in [0.5, 0.6) is 5.75 Å². The van der Waals surface area contributed by atoms with Crippen LogP contribution < -0.4 is 0 Å². The van der Waals surface area contributed by atoms with E-state index in [0.717, 1.165) is 26.2 Å². The maximum Gasteiger partial charge on any atom is 0.180 e. The van der Waals surface area contributed by atoms with Crippen molar-refractivity contribution in [3.05, 3.63) is 30.0 Å². The maximum atomic E-state index is 12.4. The van der Waals surface area contributed by atoms with Crippen molar-refractivity contribution < 1.29 is 14.3 Å². The van der Waals surface area contributed by atoms with E-state index in [9.17, 15) is 9.90 Å². The van der Waals surface area contributed by atoms with Gasteiger partial charge >= 0.3 is 0 Å². The molecule has 0 atom stereocenters. The first-order valence-corrected chi connectivity index (χ1v) is 6.78. The molecule has 0 aliphatic carbocycles. The van der Waals surface area contributed by atoms with Crippen LogP contribution in [0.4, 0.5) is 0 Å². The first-order valence-electron chi connectivity index (χ1n) is 6.78. The van der Waals surface area contributed by atoms with Crippen LogP contribution in [0.3, 0.4) is 0 Å². The number of benzene rings is 1. The molecule has 1 saturated heterocycles. The molecule has 106 valence electrons. The summed E-state index contributed by atoms with van der Waals surface area (Å²) >= 11 is 0. The molecule has 0 bridgehead atoms. The van der Waals surface area contributed by atoms with Crippen molar-refractivity contribution >= 4 is 16.8 Å². The summed E-state index contributed by atoms with van der Waals surface area (Å²) in [5, 5.41) is 10.2. The largest absolute Gasteiger partial charge is 0.508 e. The lowest BCUT2D eigenvalue weighted by molar-refractivity contribution is 0.0877. The van der Waals surface area contributed by atoms with Crippen LogP contribution in [0, 0.1) is 0 Å². The molecule has 5 nitrogen and oxygen atoms in total. The van der Waals surface area contributed by atoms with Crippen molar-refractivity contribution in [2.45, 2.75) is 0 Å². The summed E-state index contributed by atoms with van der Waals surface area (Å²) in [7, 11) is 2.09. The van der Waals surface area contributed by atoms with Gasteiger partial charge in [-0.2, -0.15) is 0 Å². The molecule has 0 amide bonds. The Labute approximate surface area is 117 Å². The van der Waals surface area contributed by atoms with Gasteiger partial charge in [-0.05, 0) is 25.2 Å². The van der Waals surface area contributed by atoms with Gasteiger partial charge in [-0.15, -0.1) is 0 Å². The van der Waals surface area contributed by atoms with E-state index in [1.165, 1.54) is 6.26 Å². The number of rotatable bonds is 3. The molecule has 1 aliphatic rings. The van der Waals surface area contributed by atoms with Crippen molar-refractivity contribution in [1.29, 1.82) is 0 Å². The number of likely N-dealkylation sites (N-methyl/N-ethyl adjacent to an activating group) is 1. The summed E-state index contributed by atoms with van der Waals surface area (Å²) in [5.41, 5.74) is 1.18. The van der Waals surface area contributed by atoms with Gasteiger partial charge in [0, 0.05) is 31.6 Å². The normalized spacial score (nSPS) is 17.6. The van der Waals surface area contributed by atoms with E-state index in [4.69, 9.17) is 4.42 Å². The molecule has 0 unspecified atom stereocenters. The summed E-state index contributed by atoms with van der Waals surface area (Å²) < 4.78 is 5.37. The molecule has 1 aromatic carbocycles. The van der Waals surface area contributed by atoms with Crippen molar-refractivity contribution in [3.8, 4) is 5.75 Å². The monoisotopic (exact) mass is 274 g/mol. The van der Waals surface area contributed by atoms with Crippen LogP contribution in [-0.4, -0.2) is 60.5 Å². The highest BCUT2D eigenvalue weighted by Crippen LogP contribution is 2.25. The molecule has 3 rings (SSSR count). The lowest BCUT2D eigenvalue weighted by Gasteiger charge is -2.31. The summed E-state index contributed by atoms with van der Waals surface area (Å²) in [4.78, 5) is 16.8. The maximum absolute atomic E-state index is 12.4. The van der Waals surface area contributed by atoms with Crippen molar-refractivity contribution in [2.24, 2.45) is 0 Å². The Morgan fingerprint density at radius 3 is 2.80 bits per heavy atom. The topological polar surface area (TPSA) is 56.9 Å². The second-order valence-electron chi connectivity index (χ2n) is 5.33. The highest BCUT2D eigenvalue weighted by atomic mass is 16.3. The minimum absolute atomic E-state index is 0.0407. The summed E-state index contributed by atoms with van der Waals surface area (Å²) in [6.45, 7) is 4.19. The van der Waals surface area contributed by atoms with Gasteiger partial charge in [0.05, 0.1) is 12.1 Å². The second kappa shape index (κ2) is 5.26. The number of ketones is 1. The molecule has 2 heterocycles.